The van der Waals surface area contributed by atoms with Gasteiger partial charge >= 0.3 is 0 Å². The van der Waals surface area contributed by atoms with Crippen molar-refractivity contribution in [2.45, 2.75) is 57.9 Å². The van der Waals surface area contributed by atoms with Crippen molar-refractivity contribution in [1.29, 1.82) is 0 Å². The van der Waals surface area contributed by atoms with Crippen LogP contribution in [0.5, 0.6) is 0 Å². The Morgan fingerprint density at radius 1 is 1.19 bits per heavy atom. The van der Waals surface area contributed by atoms with E-state index in [0.29, 0.717) is 0 Å². The molecule has 0 bridgehead atoms. The molecule has 0 amide bonds. The fourth-order valence-corrected chi connectivity index (χ4v) is 4.69. The summed E-state index contributed by atoms with van der Waals surface area (Å²) in [5.74, 6) is 4.80. The minimum atomic E-state index is 0.822. The lowest BCUT2D eigenvalue weighted by atomic mass is 9.81. The topological polar surface area (TPSA) is 12.0 Å². The van der Waals surface area contributed by atoms with Crippen molar-refractivity contribution in [2.75, 3.05) is 18.1 Å². The highest BCUT2D eigenvalue weighted by atomic mass is 32.2. The van der Waals surface area contributed by atoms with Crippen LogP contribution in [0.4, 0.5) is 0 Å². The SMILES string of the molecule is CCNC(CC1CCCCC1)C1CCSC1. The van der Waals surface area contributed by atoms with Gasteiger partial charge in [0.05, 0.1) is 0 Å². The van der Waals surface area contributed by atoms with E-state index in [-0.39, 0.29) is 0 Å². The zero-order chi connectivity index (χ0) is 11.2. The quantitative estimate of drug-likeness (QED) is 0.788. The second-order valence-corrected chi connectivity index (χ2v) is 6.68. The first-order valence-corrected chi connectivity index (χ1v) is 8.36. The first kappa shape index (κ1) is 12.8. The molecule has 2 fully saturated rings. The van der Waals surface area contributed by atoms with Gasteiger partial charge in [0.25, 0.3) is 0 Å². The molecule has 2 rings (SSSR count). The minimum absolute atomic E-state index is 0.822. The molecule has 1 N–H and O–H groups in total. The maximum absolute atomic E-state index is 3.76. The molecule has 0 aromatic carbocycles. The molecule has 1 heterocycles. The summed E-state index contributed by atoms with van der Waals surface area (Å²) in [4.78, 5) is 0. The maximum Gasteiger partial charge on any atom is 0.0106 e. The molecule has 0 aromatic rings. The fourth-order valence-electron chi connectivity index (χ4n) is 3.36. The van der Waals surface area contributed by atoms with Crippen LogP contribution in [-0.2, 0) is 0 Å². The van der Waals surface area contributed by atoms with Crippen LogP contribution in [0, 0.1) is 11.8 Å². The van der Waals surface area contributed by atoms with Gasteiger partial charge in [-0.1, -0.05) is 39.0 Å². The van der Waals surface area contributed by atoms with E-state index in [9.17, 15) is 0 Å². The Labute approximate surface area is 105 Å². The van der Waals surface area contributed by atoms with Crippen molar-refractivity contribution >= 4 is 11.8 Å². The Morgan fingerprint density at radius 3 is 2.62 bits per heavy atom. The Bertz CT molecular complexity index is 183. The molecular formula is C14H27NS. The van der Waals surface area contributed by atoms with Gasteiger partial charge in [0.1, 0.15) is 0 Å². The number of nitrogens with one attached hydrogen (secondary N) is 1. The first-order chi connectivity index (χ1) is 7.90. The molecule has 94 valence electrons. The van der Waals surface area contributed by atoms with E-state index in [4.69, 9.17) is 0 Å². The van der Waals surface area contributed by atoms with Crippen molar-refractivity contribution in [3.8, 4) is 0 Å². The standard InChI is InChI=1S/C14H27NS/c1-2-15-14(13-8-9-16-11-13)10-12-6-4-3-5-7-12/h12-15H,2-11H2,1H3. The smallest absolute Gasteiger partial charge is 0.0106 e. The summed E-state index contributed by atoms with van der Waals surface area (Å²) in [6, 6.07) is 0.822. The molecule has 2 atom stereocenters. The lowest BCUT2D eigenvalue weighted by molar-refractivity contribution is 0.262. The van der Waals surface area contributed by atoms with Crippen LogP contribution in [-0.4, -0.2) is 24.1 Å². The second kappa shape index (κ2) is 6.90. The highest BCUT2D eigenvalue weighted by molar-refractivity contribution is 7.99. The van der Waals surface area contributed by atoms with Crippen LogP contribution in [0.3, 0.4) is 0 Å². The zero-order valence-electron chi connectivity index (χ0n) is 10.7. The zero-order valence-corrected chi connectivity index (χ0v) is 11.5. The molecule has 0 radical (unpaired) electrons. The highest BCUT2D eigenvalue weighted by Crippen LogP contribution is 2.33. The molecule has 1 saturated carbocycles. The van der Waals surface area contributed by atoms with Gasteiger partial charge in [0, 0.05) is 6.04 Å². The van der Waals surface area contributed by atoms with Crippen molar-refractivity contribution in [3.63, 3.8) is 0 Å². The lowest BCUT2D eigenvalue weighted by Crippen LogP contribution is -2.38. The van der Waals surface area contributed by atoms with Gasteiger partial charge in [0.2, 0.25) is 0 Å². The second-order valence-electron chi connectivity index (χ2n) is 5.53. The summed E-state index contributed by atoms with van der Waals surface area (Å²) in [6.45, 7) is 3.41. The van der Waals surface area contributed by atoms with Crippen LogP contribution in [0.15, 0.2) is 0 Å². The number of hydrogen-bond acceptors (Lipinski definition) is 2. The fraction of sp³-hybridized carbons (Fsp3) is 1.00. The Hall–Kier alpha value is 0.310. The molecular weight excluding hydrogens is 214 g/mol. The lowest BCUT2D eigenvalue weighted by Gasteiger charge is -2.30. The largest absolute Gasteiger partial charge is 0.314 e. The van der Waals surface area contributed by atoms with E-state index >= 15 is 0 Å². The minimum Gasteiger partial charge on any atom is -0.314 e. The van der Waals surface area contributed by atoms with E-state index in [1.165, 1.54) is 56.5 Å². The molecule has 0 aromatic heterocycles. The average molecular weight is 241 g/mol. The molecule has 16 heavy (non-hydrogen) atoms. The third kappa shape index (κ3) is 3.66. The van der Waals surface area contributed by atoms with Crippen LogP contribution >= 0.6 is 11.8 Å². The van der Waals surface area contributed by atoms with Crippen LogP contribution in [0.2, 0.25) is 0 Å². The van der Waals surface area contributed by atoms with Crippen molar-refractivity contribution in [2.24, 2.45) is 11.8 Å². The molecule has 2 aliphatic rings. The van der Waals surface area contributed by atoms with E-state index in [0.717, 1.165) is 24.4 Å². The summed E-state index contributed by atoms with van der Waals surface area (Å²) < 4.78 is 0. The molecule has 1 nitrogen and oxygen atoms in total. The summed E-state index contributed by atoms with van der Waals surface area (Å²) in [6.07, 6.45) is 10.4. The number of hydrogen-bond donors (Lipinski definition) is 1. The van der Waals surface area contributed by atoms with Crippen LogP contribution < -0.4 is 5.32 Å². The van der Waals surface area contributed by atoms with E-state index in [1.807, 2.05) is 0 Å². The predicted molar refractivity (Wildman–Crippen MR) is 74.1 cm³/mol. The molecule has 1 saturated heterocycles. The van der Waals surface area contributed by atoms with Crippen molar-refractivity contribution < 1.29 is 0 Å². The predicted octanol–water partition coefficient (Wildman–Crippen LogP) is 3.69. The van der Waals surface area contributed by atoms with E-state index in [2.05, 4.69) is 24.0 Å². The third-order valence-corrected chi connectivity index (χ3v) is 5.50. The van der Waals surface area contributed by atoms with Gasteiger partial charge < -0.3 is 5.32 Å². The summed E-state index contributed by atoms with van der Waals surface area (Å²) in [5.41, 5.74) is 0. The molecule has 1 aliphatic heterocycles. The molecule has 1 aliphatic carbocycles. The summed E-state index contributed by atoms with van der Waals surface area (Å²) in [5, 5.41) is 3.76. The van der Waals surface area contributed by atoms with Gasteiger partial charge in [0.15, 0.2) is 0 Å². The monoisotopic (exact) mass is 241 g/mol. The van der Waals surface area contributed by atoms with Gasteiger partial charge in [-0.15, -0.1) is 0 Å². The molecule has 2 unspecified atom stereocenters. The van der Waals surface area contributed by atoms with Crippen molar-refractivity contribution in [1.82, 2.24) is 5.32 Å². The average Bonchev–Trinajstić information content (AvgIpc) is 2.83. The summed E-state index contributed by atoms with van der Waals surface area (Å²) >= 11 is 2.16. The van der Waals surface area contributed by atoms with Gasteiger partial charge in [-0.2, -0.15) is 11.8 Å². The third-order valence-electron chi connectivity index (χ3n) is 4.31. The van der Waals surface area contributed by atoms with Crippen LogP contribution in [0.25, 0.3) is 0 Å². The maximum atomic E-state index is 3.76. The number of thioether (sulfide) groups is 1. The van der Waals surface area contributed by atoms with Gasteiger partial charge in [-0.25, -0.2) is 0 Å². The molecule has 2 heteroatoms. The highest BCUT2D eigenvalue weighted by Gasteiger charge is 2.27. The Morgan fingerprint density at radius 2 is 2.00 bits per heavy atom. The van der Waals surface area contributed by atoms with Gasteiger partial charge in [-0.05, 0) is 42.7 Å². The first-order valence-electron chi connectivity index (χ1n) is 7.21. The normalized spacial score (nSPS) is 29.4. The van der Waals surface area contributed by atoms with E-state index < -0.39 is 0 Å². The van der Waals surface area contributed by atoms with Gasteiger partial charge in [-0.3, -0.25) is 0 Å². The Kier molecular flexibility index (Phi) is 5.51. The molecule has 0 spiro atoms. The summed E-state index contributed by atoms with van der Waals surface area (Å²) in [7, 11) is 0. The van der Waals surface area contributed by atoms with Crippen LogP contribution in [0.1, 0.15) is 51.9 Å². The Balaban J connectivity index is 1.80. The van der Waals surface area contributed by atoms with Crippen molar-refractivity contribution in [3.05, 3.63) is 0 Å². The number of rotatable bonds is 5. The van der Waals surface area contributed by atoms with E-state index in [1.54, 1.807) is 0 Å².